The average molecular weight is 262 g/mol. The Morgan fingerprint density at radius 3 is 2.47 bits per heavy atom. The number of hydrogen-bond donors (Lipinski definition) is 1. The molecule has 0 aliphatic heterocycles. The van der Waals surface area contributed by atoms with E-state index in [9.17, 15) is 8.42 Å². The van der Waals surface area contributed by atoms with Crippen molar-refractivity contribution in [2.24, 2.45) is 5.92 Å². The van der Waals surface area contributed by atoms with Gasteiger partial charge in [0.2, 0.25) is 10.0 Å². The molecule has 1 rings (SSSR count). The van der Waals surface area contributed by atoms with E-state index >= 15 is 0 Å². The lowest BCUT2D eigenvalue weighted by Crippen LogP contribution is -2.43. The highest BCUT2D eigenvalue weighted by molar-refractivity contribution is 7.89. The van der Waals surface area contributed by atoms with Gasteiger partial charge in [0.05, 0.1) is 5.25 Å². The van der Waals surface area contributed by atoms with Gasteiger partial charge in [0.15, 0.2) is 0 Å². The molecule has 0 saturated heterocycles. The fourth-order valence-corrected chi connectivity index (χ4v) is 3.56. The van der Waals surface area contributed by atoms with Crippen molar-refractivity contribution < 1.29 is 8.42 Å². The highest BCUT2D eigenvalue weighted by Crippen LogP contribution is 2.31. The van der Waals surface area contributed by atoms with E-state index in [2.05, 4.69) is 5.32 Å². The van der Waals surface area contributed by atoms with Crippen molar-refractivity contribution in [1.82, 2.24) is 9.62 Å². The van der Waals surface area contributed by atoms with Crippen LogP contribution in [0.3, 0.4) is 0 Å². The van der Waals surface area contributed by atoms with Gasteiger partial charge in [-0.2, -0.15) is 0 Å². The Morgan fingerprint density at radius 1 is 1.35 bits per heavy atom. The van der Waals surface area contributed by atoms with E-state index in [1.807, 2.05) is 13.8 Å². The Labute approximate surface area is 106 Å². The lowest BCUT2D eigenvalue weighted by atomic mass is 10.4. The van der Waals surface area contributed by atoms with Crippen LogP contribution in [0.2, 0.25) is 0 Å². The zero-order chi connectivity index (χ0) is 12.9. The van der Waals surface area contributed by atoms with Crippen molar-refractivity contribution >= 4 is 10.0 Å². The van der Waals surface area contributed by atoms with Crippen molar-refractivity contribution in [3.05, 3.63) is 0 Å². The average Bonchev–Trinajstić information content (AvgIpc) is 3.09. The fraction of sp³-hybridized carbons (Fsp3) is 1.00. The van der Waals surface area contributed by atoms with Crippen molar-refractivity contribution in [3.63, 3.8) is 0 Å². The predicted octanol–water partition coefficient (Wildman–Crippen LogP) is 1.44. The SMILES string of the molecule is CCCN(CC1CC1)S(=O)(=O)C(C)CNCC. The molecule has 0 spiro atoms. The summed E-state index contributed by atoms with van der Waals surface area (Å²) in [6, 6.07) is 0. The quantitative estimate of drug-likeness (QED) is 0.684. The third-order valence-electron chi connectivity index (χ3n) is 3.18. The minimum Gasteiger partial charge on any atom is -0.316 e. The van der Waals surface area contributed by atoms with Gasteiger partial charge in [-0.25, -0.2) is 12.7 Å². The first-order chi connectivity index (χ1) is 8.02. The van der Waals surface area contributed by atoms with Crippen LogP contribution >= 0.6 is 0 Å². The first-order valence-corrected chi connectivity index (χ1v) is 8.22. The summed E-state index contributed by atoms with van der Waals surface area (Å²) in [5.74, 6) is 0.614. The van der Waals surface area contributed by atoms with Crippen LogP contribution in [-0.2, 0) is 10.0 Å². The number of rotatable bonds is 9. The molecule has 0 heterocycles. The second kappa shape index (κ2) is 6.71. The highest BCUT2D eigenvalue weighted by Gasteiger charge is 2.33. The number of nitrogens with one attached hydrogen (secondary N) is 1. The minimum absolute atomic E-state index is 0.326. The van der Waals surface area contributed by atoms with Crippen LogP contribution in [0.4, 0.5) is 0 Å². The van der Waals surface area contributed by atoms with Crippen LogP contribution in [0.25, 0.3) is 0 Å². The summed E-state index contributed by atoms with van der Waals surface area (Å²) in [6.07, 6.45) is 3.27. The fourth-order valence-electron chi connectivity index (χ4n) is 1.87. The summed E-state index contributed by atoms with van der Waals surface area (Å²) in [7, 11) is -3.12. The van der Waals surface area contributed by atoms with E-state index in [1.165, 1.54) is 12.8 Å². The lowest BCUT2D eigenvalue weighted by Gasteiger charge is -2.25. The van der Waals surface area contributed by atoms with E-state index in [4.69, 9.17) is 0 Å². The maximum absolute atomic E-state index is 12.4. The molecular weight excluding hydrogens is 236 g/mol. The van der Waals surface area contributed by atoms with Crippen LogP contribution in [0.5, 0.6) is 0 Å². The first kappa shape index (κ1) is 14.9. The zero-order valence-electron chi connectivity index (χ0n) is 11.3. The Bertz CT molecular complexity index is 312. The standard InChI is InChI=1S/C12H26N2O2S/c1-4-8-14(10-12-6-7-12)17(15,16)11(3)9-13-5-2/h11-13H,4-10H2,1-3H3. The molecule has 1 atom stereocenters. The smallest absolute Gasteiger partial charge is 0.217 e. The van der Waals surface area contributed by atoms with Crippen molar-refractivity contribution in [3.8, 4) is 0 Å². The van der Waals surface area contributed by atoms with E-state index in [-0.39, 0.29) is 5.25 Å². The van der Waals surface area contributed by atoms with E-state index < -0.39 is 10.0 Å². The molecule has 1 N–H and O–H groups in total. The summed E-state index contributed by atoms with van der Waals surface area (Å²) >= 11 is 0. The topological polar surface area (TPSA) is 49.4 Å². The molecule has 5 heteroatoms. The van der Waals surface area contributed by atoms with Gasteiger partial charge in [-0.15, -0.1) is 0 Å². The molecule has 0 aromatic carbocycles. The molecule has 0 aromatic rings. The van der Waals surface area contributed by atoms with Crippen LogP contribution in [0.15, 0.2) is 0 Å². The molecule has 102 valence electrons. The van der Waals surface area contributed by atoms with Gasteiger partial charge in [-0.1, -0.05) is 13.8 Å². The Hall–Kier alpha value is -0.130. The third kappa shape index (κ3) is 4.56. The van der Waals surface area contributed by atoms with Crippen molar-refractivity contribution in [2.45, 2.75) is 45.3 Å². The van der Waals surface area contributed by atoms with Crippen LogP contribution in [0.1, 0.15) is 40.0 Å². The molecule has 1 unspecified atom stereocenters. The van der Waals surface area contributed by atoms with Gasteiger partial charge >= 0.3 is 0 Å². The number of sulfonamides is 1. The van der Waals surface area contributed by atoms with Crippen molar-refractivity contribution in [1.29, 1.82) is 0 Å². The summed E-state index contributed by atoms with van der Waals surface area (Å²) < 4.78 is 26.5. The molecule has 0 bridgehead atoms. The third-order valence-corrected chi connectivity index (χ3v) is 5.42. The molecule has 4 nitrogen and oxygen atoms in total. The maximum Gasteiger partial charge on any atom is 0.217 e. The number of nitrogens with zero attached hydrogens (tertiary/aromatic N) is 1. The normalized spacial score (nSPS) is 18.6. The van der Waals surface area contributed by atoms with Gasteiger partial charge in [0, 0.05) is 19.6 Å². The molecular formula is C12H26N2O2S. The monoisotopic (exact) mass is 262 g/mol. The predicted molar refractivity (Wildman–Crippen MR) is 71.5 cm³/mol. The van der Waals surface area contributed by atoms with Gasteiger partial charge in [0.1, 0.15) is 0 Å². The lowest BCUT2D eigenvalue weighted by molar-refractivity contribution is 0.389. The van der Waals surface area contributed by atoms with E-state index in [0.717, 1.165) is 19.5 Å². The van der Waals surface area contributed by atoms with Crippen LogP contribution < -0.4 is 5.32 Å². The summed E-state index contributed by atoms with van der Waals surface area (Å²) in [6.45, 7) is 8.58. The summed E-state index contributed by atoms with van der Waals surface area (Å²) in [5, 5.41) is 2.79. The zero-order valence-corrected chi connectivity index (χ0v) is 12.1. The molecule has 1 aliphatic rings. The van der Waals surface area contributed by atoms with Gasteiger partial charge in [-0.3, -0.25) is 0 Å². The van der Waals surface area contributed by atoms with E-state index in [0.29, 0.717) is 19.0 Å². The molecule has 0 amide bonds. The summed E-state index contributed by atoms with van der Waals surface area (Å²) in [4.78, 5) is 0. The molecule has 0 aromatic heterocycles. The molecule has 1 aliphatic carbocycles. The van der Waals surface area contributed by atoms with Gasteiger partial charge in [-0.05, 0) is 38.6 Å². The highest BCUT2D eigenvalue weighted by atomic mass is 32.2. The minimum atomic E-state index is -3.12. The van der Waals surface area contributed by atoms with Crippen LogP contribution in [-0.4, -0.2) is 44.2 Å². The van der Waals surface area contributed by atoms with Crippen LogP contribution in [0, 0.1) is 5.92 Å². The Kier molecular flexibility index (Phi) is 5.89. The van der Waals surface area contributed by atoms with Gasteiger partial charge < -0.3 is 5.32 Å². The second-order valence-electron chi connectivity index (χ2n) is 4.96. The number of hydrogen-bond acceptors (Lipinski definition) is 3. The van der Waals surface area contributed by atoms with E-state index in [1.54, 1.807) is 11.2 Å². The maximum atomic E-state index is 12.4. The Balaban J connectivity index is 2.60. The first-order valence-electron chi connectivity index (χ1n) is 6.72. The largest absolute Gasteiger partial charge is 0.316 e. The second-order valence-corrected chi connectivity index (χ2v) is 7.32. The van der Waals surface area contributed by atoms with Gasteiger partial charge in [0.25, 0.3) is 0 Å². The molecule has 1 fully saturated rings. The summed E-state index contributed by atoms with van der Waals surface area (Å²) in [5.41, 5.74) is 0. The molecule has 17 heavy (non-hydrogen) atoms. The molecule has 0 radical (unpaired) electrons. The van der Waals surface area contributed by atoms with Crippen molar-refractivity contribution in [2.75, 3.05) is 26.2 Å². The molecule has 1 saturated carbocycles. The Morgan fingerprint density at radius 2 is 2.00 bits per heavy atom.